The van der Waals surface area contributed by atoms with Crippen LogP contribution in [0, 0.1) is 0 Å². The van der Waals surface area contributed by atoms with Gasteiger partial charge in [0, 0.05) is 5.57 Å². The second kappa shape index (κ2) is 4.24. The van der Waals surface area contributed by atoms with Crippen LogP contribution < -0.4 is 0 Å². The monoisotopic (exact) mass is 244 g/mol. The van der Waals surface area contributed by atoms with Crippen LogP contribution >= 0.6 is 0 Å². The van der Waals surface area contributed by atoms with Gasteiger partial charge in [-0.25, -0.2) is 13.2 Å². The molecule has 1 nitrogen and oxygen atoms in total. The lowest BCUT2D eigenvalue weighted by Gasteiger charge is -2.21. The molecule has 1 unspecified atom stereocenters. The Morgan fingerprint density at radius 3 is 2.18 bits per heavy atom. The van der Waals surface area contributed by atoms with Crippen molar-refractivity contribution < 1.29 is 22.3 Å². The number of ether oxygens (including phenoxy) is 1. The lowest BCUT2D eigenvalue weighted by atomic mass is 9.96. The van der Waals surface area contributed by atoms with Crippen LogP contribution in [0.5, 0.6) is 0 Å². The highest BCUT2D eigenvalue weighted by Gasteiger charge is 2.37. The van der Waals surface area contributed by atoms with Crippen molar-refractivity contribution in [3.63, 3.8) is 0 Å². The van der Waals surface area contributed by atoms with E-state index in [1.165, 1.54) is 12.2 Å². The molecule has 0 aliphatic heterocycles. The summed E-state index contributed by atoms with van der Waals surface area (Å²) in [5.41, 5.74) is -0.0824. The molecular formula is C12H8F4O. The Morgan fingerprint density at radius 2 is 1.65 bits per heavy atom. The SMILES string of the molecule is COC1=C(F)C(F)=C(F)C(F)C1=C1C=CC=C1. The Morgan fingerprint density at radius 1 is 1.06 bits per heavy atom. The molecular weight excluding hydrogens is 236 g/mol. The fourth-order valence-corrected chi connectivity index (χ4v) is 1.71. The molecule has 0 aromatic carbocycles. The Bertz CT molecular complexity index is 495. The van der Waals surface area contributed by atoms with Crippen LogP contribution in [0.1, 0.15) is 0 Å². The van der Waals surface area contributed by atoms with E-state index in [0.29, 0.717) is 0 Å². The quantitative estimate of drug-likeness (QED) is 0.638. The smallest absolute Gasteiger partial charge is 0.203 e. The molecule has 2 aliphatic carbocycles. The van der Waals surface area contributed by atoms with E-state index in [1.807, 2.05) is 0 Å². The van der Waals surface area contributed by atoms with Crippen molar-refractivity contribution in [2.24, 2.45) is 0 Å². The molecule has 0 bridgehead atoms. The summed E-state index contributed by atoms with van der Waals surface area (Å²) in [6, 6.07) is 0. The average Bonchev–Trinajstić information content (AvgIpc) is 2.84. The molecule has 5 heteroatoms. The number of hydrogen-bond donors (Lipinski definition) is 0. The number of halogens is 4. The number of rotatable bonds is 1. The molecule has 90 valence electrons. The summed E-state index contributed by atoms with van der Waals surface area (Å²) < 4.78 is 57.9. The summed E-state index contributed by atoms with van der Waals surface area (Å²) in [7, 11) is 1.07. The van der Waals surface area contributed by atoms with Crippen molar-refractivity contribution in [3.05, 3.63) is 58.7 Å². The van der Waals surface area contributed by atoms with Crippen molar-refractivity contribution in [2.45, 2.75) is 6.17 Å². The van der Waals surface area contributed by atoms with E-state index in [9.17, 15) is 17.6 Å². The fourth-order valence-electron chi connectivity index (χ4n) is 1.71. The maximum absolute atomic E-state index is 13.7. The third kappa shape index (κ3) is 1.71. The van der Waals surface area contributed by atoms with Crippen molar-refractivity contribution in [1.82, 2.24) is 0 Å². The molecule has 0 saturated heterocycles. The molecule has 0 amide bonds. The molecule has 0 saturated carbocycles. The van der Waals surface area contributed by atoms with E-state index in [-0.39, 0.29) is 11.1 Å². The third-order valence-electron chi connectivity index (χ3n) is 2.50. The Hall–Kier alpha value is -1.78. The van der Waals surface area contributed by atoms with Crippen LogP contribution in [0.4, 0.5) is 17.6 Å². The van der Waals surface area contributed by atoms with Crippen LogP contribution in [0.3, 0.4) is 0 Å². The summed E-state index contributed by atoms with van der Waals surface area (Å²) in [5, 5.41) is 0. The zero-order valence-corrected chi connectivity index (χ0v) is 8.81. The van der Waals surface area contributed by atoms with Crippen LogP contribution in [-0.4, -0.2) is 13.3 Å². The second-order valence-corrected chi connectivity index (χ2v) is 3.46. The van der Waals surface area contributed by atoms with E-state index < -0.39 is 29.4 Å². The molecule has 17 heavy (non-hydrogen) atoms. The van der Waals surface area contributed by atoms with E-state index in [4.69, 9.17) is 0 Å². The number of methoxy groups -OCH3 is 1. The molecule has 1 atom stereocenters. The van der Waals surface area contributed by atoms with Crippen LogP contribution in [-0.2, 0) is 4.74 Å². The van der Waals surface area contributed by atoms with Crippen molar-refractivity contribution in [2.75, 3.05) is 7.11 Å². The molecule has 0 aromatic rings. The number of hydrogen-bond acceptors (Lipinski definition) is 1. The summed E-state index contributed by atoms with van der Waals surface area (Å²) in [6.07, 6.45) is 3.72. The number of alkyl halides is 1. The largest absolute Gasteiger partial charge is 0.493 e. The third-order valence-corrected chi connectivity index (χ3v) is 2.50. The molecule has 0 fully saturated rings. The topological polar surface area (TPSA) is 9.23 Å². The lowest BCUT2D eigenvalue weighted by Crippen LogP contribution is -2.18. The van der Waals surface area contributed by atoms with Crippen LogP contribution in [0.2, 0.25) is 0 Å². The predicted octanol–water partition coefficient (Wildman–Crippen LogP) is 3.74. The zero-order valence-electron chi connectivity index (χ0n) is 8.81. The van der Waals surface area contributed by atoms with Gasteiger partial charge in [0.2, 0.25) is 5.83 Å². The van der Waals surface area contributed by atoms with Gasteiger partial charge in [-0.2, -0.15) is 4.39 Å². The molecule has 0 heterocycles. The first-order valence-corrected chi connectivity index (χ1v) is 4.80. The van der Waals surface area contributed by atoms with Gasteiger partial charge >= 0.3 is 0 Å². The highest BCUT2D eigenvalue weighted by molar-refractivity contribution is 5.56. The summed E-state index contributed by atoms with van der Waals surface area (Å²) in [5.74, 6) is -5.73. The summed E-state index contributed by atoms with van der Waals surface area (Å²) in [4.78, 5) is 0. The van der Waals surface area contributed by atoms with Gasteiger partial charge < -0.3 is 4.74 Å². The minimum Gasteiger partial charge on any atom is -0.493 e. The highest BCUT2D eigenvalue weighted by atomic mass is 19.2. The molecule has 0 spiro atoms. The summed E-state index contributed by atoms with van der Waals surface area (Å²) >= 11 is 0. The Kier molecular flexibility index (Phi) is 2.92. The van der Waals surface area contributed by atoms with Crippen LogP contribution in [0.15, 0.2) is 58.7 Å². The van der Waals surface area contributed by atoms with E-state index >= 15 is 0 Å². The van der Waals surface area contributed by atoms with E-state index in [2.05, 4.69) is 4.74 Å². The maximum Gasteiger partial charge on any atom is 0.203 e. The van der Waals surface area contributed by atoms with Crippen molar-refractivity contribution in [3.8, 4) is 0 Å². The Balaban J connectivity index is 2.66. The lowest BCUT2D eigenvalue weighted by molar-refractivity contribution is 0.245. The fraction of sp³-hybridized carbons (Fsp3) is 0.167. The van der Waals surface area contributed by atoms with Crippen molar-refractivity contribution in [1.29, 1.82) is 0 Å². The highest BCUT2D eigenvalue weighted by Crippen LogP contribution is 2.40. The van der Waals surface area contributed by atoms with E-state index in [0.717, 1.165) is 7.11 Å². The van der Waals surface area contributed by atoms with Crippen molar-refractivity contribution >= 4 is 0 Å². The maximum atomic E-state index is 13.7. The van der Waals surface area contributed by atoms with Gasteiger partial charge in [0.25, 0.3) is 0 Å². The Labute approximate surface area is 95.1 Å². The van der Waals surface area contributed by atoms with Gasteiger partial charge in [0.05, 0.1) is 7.11 Å². The minimum atomic E-state index is -2.35. The first-order valence-electron chi connectivity index (χ1n) is 4.80. The molecule has 2 rings (SSSR count). The predicted molar refractivity (Wildman–Crippen MR) is 54.6 cm³/mol. The van der Waals surface area contributed by atoms with Gasteiger partial charge in [0.1, 0.15) is 0 Å². The van der Waals surface area contributed by atoms with Gasteiger partial charge in [-0.15, -0.1) is 0 Å². The molecule has 0 aromatic heterocycles. The van der Waals surface area contributed by atoms with Gasteiger partial charge in [0.15, 0.2) is 23.6 Å². The van der Waals surface area contributed by atoms with Gasteiger partial charge in [-0.05, 0) is 5.57 Å². The van der Waals surface area contributed by atoms with Gasteiger partial charge in [-0.3, -0.25) is 0 Å². The zero-order chi connectivity index (χ0) is 12.6. The second-order valence-electron chi connectivity index (χ2n) is 3.46. The molecule has 0 radical (unpaired) electrons. The minimum absolute atomic E-state index is 0.257. The standard InChI is InChI=1S/C12H8F4O/c1-17-12-7(6-4-2-3-5-6)8(13)9(14)10(15)11(12)16/h2-5,8H,1H3. The molecule has 0 N–H and O–H groups in total. The molecule has 2 aliphatic rings. The van der Waals surface area contributed by atoms with Crippen LogP contribution in [0.25, 0.3) is 0 Å². The number of allylic oxidation sites excluding steroid dienone is 9. The van der Waals surface area contributed by atoms with Gasteiger partial charge in [-0.1, -0.05) is 24.3 Å². The average molecular weight is 244 g/mol. The first-order chi connectivity index (χ1) is 8.07. The van der Waals surface area contributed by atoms with E-state index in [1.54, 1.807) is 12.2 Å². The normalized spacial score (nSPS) is 24.2. The summed E-state index contributed by atoms with van der Waals surface area (Å²) in [6.45, 7) is 0. The first kappa shape index (κ1) is 11.7.